The Morgan fingerprint density at radius 3 is 2.46 bits per heavy atom. The second kappa shape index (κ2) is 11.3. The van der Waals surface area contributed by atoms with Gasteiger partial charge >= 0.3 is 0 Å². The van der Waals surface area contributed by atoms with E-state index < -0.39 is 0 Å². The molecular formula is C29H40N4O2. The van der Waals surface area contributed by atoms with E-state index in [1.54, 1.807) is 4.68 Å². The molecule has 2 aromatic heterocycles. The van der Waals surface area contributed by atoms with Crippen molar-refractivity contribution < 1.29 is 9.21 Å². The Bertz CT molecular complexity index is 1100. The molecule has 0 bridgehead atoms. The van der Waals surface area contributed by atoms with E-state index in [2.05, 4.69) is 59.4 Å². The number of likely N-dealkylation sites (N-methyl/N-ethyl adjacent to an activating group) is 1. The van der Waals surface area contributed by atoms with E-state index in [1.807, 2.05) is 38.9 Å². The zero-order chi connectivity index (χ0) is 24.9. The van der Waals surface area contributed by atoms with Crippen molar-refractivity contribution in [3.05, 3.63) is 77.0 Å². The summed E-state index contributed by atoms with van der Waals surface area (Å²) in [6, 6.07) is 16.8. The maximum Gasteiger partial charge on any atom is 0.272 e. The van der Waals surface area contributed by atoms with Crippen molar-refractivity contribution >= 4 is 5.91 Å². The molecule has 1 aliphatic heterocycles. The van der Waals surface area contributed by atoms with Crippen molar-refractivity contribution in [2.24, 2.45) is 13.0 Å². The lowest BCUT2D eigenvalue weighted by atomic mass is 9.84. The summed E-state index contributed by atoms with van der Waals surface area (Å²) in [6.07, 6.45) is 4.18. The molecule has 0 N–H and O–H groups in total. The van der Waals surface area contributed by atoms with Crippen LogP contribution in [0.2, 0.25) is 0 Å². The van der Waals surface area contributed by atoms with Gasteiger partial charge in [0.2, 0.25) is 0 Å². The van der Waals surface area contributed by atoms with E-state index in [0.717, 1.165) is 62.5 Å². The Morgan fingerprint density at radius 1 is 1.14 bits per heavy atom. The minimum atomic E-state index is 0.0547. The lowest BCUT2D eigenvalue weighted by molar-refractivity contribution is 0.0578. The molecule has 6 heteroatoms. The second-order valence-corrected chi connectivity index (χ2v) is 10.3. The monoisotopic (exact) mass is 476 g/mol. The number of carbonyl (C=O) groups excluding carboxylic acids is 1. The van der Waals surface area contributed by atoms with Crippen molar-refractivity contribution in [1.82, 2.24) is 19.6 Å². The first-order chi connectivity index (χ1) is 16.8. The zero-order valence-electron chi connectivity index (χ0n) is 21.9. The van der Waals surface area contributed by atoms with Gasteiger partial charge in [-0.1, -0.05) is 37.3 Å². The van der Waals surface area contributed by atoms with Crippen LogP contribution in [0.5, 0.6) is 0 Å². The Morgan fingerprint density at radius 2 is 1.86 bits per heavy atom. The number of likely N-dealkylation sites (tertiary alicyclic amines) is 1. The van der Waals surface area contributed by atoms with Crippen LogP contribution in [0, 0.1) is 19.8 Å². The number of aryl methyl sites for hydroxylation is 3. The van der Waals surface area contributed by atoms with Gasteiger partial charge in [0.1, 0.15) is 17.2 Å². The van der Waals surface area contributed by atoms with Crippen molar-refractivity contribution in [3.63, 3.8) is 0 Å². The van der Waals surface area contributed by atoms with Gasteiger partial charge in [0, 0.05) is 26.1 Å². The molecular weight excluding hydrogens is 436 g/mol. The van der Waals surface area contributed by atoms with Gasteiger partial charge in [-0.15, -0.1) is 0 Å². The van der Waals surface area contributed by atoms with Gasteiger partial charge < -0.3 is 14.2 Å². The van der Waals surface area contributed by atoms with Crippen molar-refractivity contribution in [3.8, 4) is 0 Å². The third kappa shape index (κ3) is 6.23. The minimum Gasteiger partial charge on any atom is -0.466 e. The van der Waals surface area contributed by atoms with Crippen LogP contribution in [0.15, 0.2) is 52.9 Å². The molecule has 1 aromatic carbocycles. The molecule has 0 radical (unpaired) electrons. The highest BCUT2D eigenvalue weighted by molar-refractivity contribution is 5.92. The number of rotatable bonds is 9. The first-order valence-corrected chi connectivity index (χ1v) is 12.9. The van der Waals surface area contributed by atoms with E-state index in [0.29, 0.717) is 17.5 Å². The number of benzene rings is 1. The van der Waals surface area contributed by atoms with E-state index in [-0.39, 0.29) is 11.9 Å². The van der Waals surface area contributed by atoms with E-state index in [1.165, 1.54) is 5.56 Å². The fourth-order valence-corrected chi connectivity index (χ4v) is 5.42. The molecule has 35 heavy (non-hydrogen) atoms. The fraction of sp³-hybridized carbons (Fsp3) is 0.517. The Kier molecular flexibility index (Phi) is 8.11. The van der Waals surface area contributed by atoms with Gasteiger partial charge in [0.25, 0.3) is 5.91 Å². The maximum atomic E-state index is 13.5. The molecule has 1 fully saturated rings. The minimum absolute atomic E-state index is 0.0547. The molecule has 0 unspecified atom stereocenters. The van der Waals surface area contributed by atoms with Gasteiger partial charge in [0.15, 0.2) is 0 Å². The van der Waals surface area contributed by atoms with Crippen LogP contribution >= 0.6 is 0 Å². The largest absolute Gasteiger partial charge is 0.466 e. The zero-order valence-corrected chi connectivity index (χ0v) is 21.9. The van der Waals surface area contributed by atoms with E-state index in [4.69, 9.17) is 4.42 Å². The molecule has 1 saturated heterocycles. The van der Waals surface area contributed by atoms with Crippen LogP contribution < -0.4 is 0 Å². The summed E-state index contributed by atoms with van der Waals surface area (Å²) in [4.78, 5) is 18.0. The number of nitrogens with zero attached hydrogens (tertiary/aromatic N) is 4. The van der Waals surface area contributed by atoms with Crippen molar-refractivity contribution in [2.75, 3.05) is 26.7 Å². The lowest BCUT2D eigenvalue weighted by Crippen LogP contribution is -2.48. The number of amides is 1. The highest BCUT2D eigenvalue weighted by Crippen LogP contribution is 2.29. The van der Waals surface area contributed by atoms with Crippen LogP contribution in [0.1, 0.15) is 65.4 Å². The van der Waals surface area contributed by atoms with Gasteiger partial charge in [0.05, 0.1) is 5.69 Å². The number of furan rings is 1. The van der Waals surface area contributed by atoms with Crippen LogP contribution in [0.3, 0.4) is 0 Å². The van der Waals surface area contributed by atoms with Gasteiger partial charge in [-0.05, 0) is 88.8 Å². The SMILES string of the molecule is Cc1cc(C(=O)N(C)[C@@H](Cc2ccccc2)C2CCN(CC[C@H](C)c3ccc(C)o3)CC2)n(C)n1. The van der Waals surface area contributed by atoms with Gasteiger partial charge in [-0.25, -0.2) is 0 Å². The highest BCUT2D eigenvalue weighted by atomic mass is 16.3. The average Bonchev–Trinajstić information content (AvgIpc) is 3.45. The van der Waals surface area contributed by atoms with Crippen LogP contribution in [0.4, 0.5) is 0 Å². The molecule has 0 saturated carbocycles. The quantitative estimate of drug-likeness (QED) is 0.425. The standard InChI is InChI=1S/C29H40N4O2/c1-21(28-12-11-23(3)35-28)13-16-33-17-14-25(15-18-33)26(20-24-9-7-6-8-10-24)31(4)29(34)27-19-22(2)30-32(27)5/h6-12,19,21,25-26H,13-18,20H2,1-5H3/t21-,26-/m0/s1. The molecule has 4 rings (SSSR count). The van der Waals surface area contributed by atoms with Gasteiger partial charge in [-0.2, -0.15) is 5.10 Å². The van der Waals surface area contributed by atoms with Crippen LogP contribution in [-0.2, 0) is 13.5 Å². The third-order valence-electron chi connectivity index (χ3n) is 7.63. The summed E-state index contributed by atoms with van der Waals surface area (Å²) in [5, 5.41) is 4.39. The van der Waals surface area contributed by atoms with E-state index in [9.17, 15) is 4.79 Å². The molecule has 6 nitrogen and oxygen atoms in total. The molecule has 3 aromatic rings. The molecule has 3 heterocycles. The molecule has 0 aliphatic carbocycles. The topological polar surface area (TPSA) is 54.5 Å². The molecule has 0 spiro atoms. The summed E-state index contributed by atoms with van der Waals surface area (Å²) in [7, 11) is 3.82. The molecule has 1 amide bonds. The number of piperidine rings is 1. The van der Waals surface area contributed by atoms with Crippen molar-refractivity contribution in [1.29, 1.82) is 0 Å². The van der Waals surface area contributed by atoms with Gasteiger partial charge in [-0.3, -0.25) is 9.48 Å². The second-order valence-electron chi connectivity index (χ2n) is 10.3. The number of carbonyl (C=O) groups is 1. The normalized spacial score (nSPS) is 16.8. The first-order valence-electron chi connectivity index (χ1n) is 12.9. The van der Waals surface area contributed by atoms with Crippen LogP contribution in [-0.4, -0.2) is 58.2 Å². The third-order valence-corrected chi connectivity index (χ3v) is 7.63. The molecule has 1 aliphatic rings. The number of hydrogen-bond acceptors (Lipinski definition) is 4. The average molecular weight is 477 g/mol. The summed E-state index contributed by atoms with van der Waals surface area (Å²) < 4.78 is 7.53. The molecule has 2 atom stereocenters. The maximum absolute atomic E-state index is 13.5. The summed E-state index contributed by atoms with van der Waals surface area (Å²) in [5.41, 5.74) is 2.81. The Hall–Kier alpha value is -2.86. The van der Waals surface area contributed by atoms with Crippen molar-refractivity contribution in [2.45, 2.75) is 58.4 Å². The predicted molar refractivity (Wildman–Crippen MR) is 140 cm³/mol. The number of hydrogen-bond donors (Lipinski definition) is 0. The Balaban J connectivity index is 1.40. The smallest absolute Gasteiger partial charge is 0.272 e. The first kappa shape index (κ1) is 25.2. The van der Waals surface area contributed by atoms with E-state index >= 15 is 0 Å². The summed E-state index contributed by atoms with van der Waals surface area (Å²) in [6.45, 7) is 9.42. The molecule has 188 valence electrons. The highest BCUT2D eigenvalue weighted by Gasteiger charge is 2.33. The lowest BCUT2D eigenvalue weighted by Gasteiger charge is -2.40. The predicted octanol–water partition coefficient (Wildman–Crippen LogP) is 5.22. The van der Waals surface area contributed by atoms with Crippen LogP contribution in [0.25, 0.3) is 0 Å². The fourth-order valence-electron chi connectivity index (χ4n) is 5.42. The summed E-state index contributed by atoms with van der Waals surface area (Å²) in [5.74, 6) is 3.03. The summed E-state index contributed by atoms with van der Waals surface area (Å²) >= 11 is 0. The number of aromatic nitrogens is 2. The Labute approximate surface area is 209 Å².